The molecule has 2 aromatic carbocycles. The molecule has 20 heavy (non-hydrogen) atoms. The van der Waals surface area contributed by atoms with Crippen molar-refractivity contribution in [2.24, 2.45) is 0 Å². The van der Waals surface area contributed by atoms with Crippen molar-refractivity contribution in [3.8, 4) is 11.5 Å². The van der Waals surface area contributed by atoms with Crippen molar-refractivity contribution in [2.45, 2.75) is 20.8 Å². The second-order valence-corrected chi connectivity index (χ2v) is 5.05. The average molecular weight is 263 g/mol. The lowest BCUT2D eigenvalue weighted by molar-refractivity contribution is 0.619. The Morgan fingerprint density at radius 2 is 1.70 bits per heavy atom. The molecular formula is C18H17NO. The standard InChI is InChI=1S/C18H17NO/c1-4-5-14-6-8-15(9-7-14)18-19-16-10-12(2)13(3)11-17(16)20-18/h4-11H,1-3H3. The van der Waals surface area contributed by atoms with Crippen LogP contribution in [0, 0.1) is 13.8 Å². The van der Waals surface area contributed by atoms with Crippen LogP contribution in [-0.4, -0.2) is 4.98 Å². The Labute approximate surface area is 118 Å². The van der Waals surface area contributed by atoms with E-state index >= 15 is 0 Å². The monoisotopic (exact) mass is 263 g/mol. The fourth-order valence-corrected chi connectivity index (χ4v) is 2.23. The van der Waals surface area contributed by atoms with E-state index in [-0.39, 0.29) is 0 Å². The molecule has 100 valence electrons. The minimum Gasteiger partial charge on any atom is -0.436 e. The maximum Gasteiger partial charge on any atom is 0.227 e. The highest BCUT2D eigenvalue weighted by Crippen LogP contribution is 2.26. The Kier molecular flexibility index (Phi) is 3.15. The lowest BCUT2D eigenvalue weighted by atomic mass is 10.1. The molecule has 0 aliphatic heterocycles. The average Bonchev–Trinajstić information content (AvgIpc) is 2.83. The molecule has 0 N–H and O–H groups in total. The van der Waals surface area contributed by atoms with Gasteiger partial charge in [-0.25, -0.2) is 4.98 Å². The molecule has 1 heterocycles. The topological polar surface area (TPSA) is 26.0 Å². The smallest absolute Gasteiger partial charge is 0.227 e. The van der Waals surface area contributed by atoms with E-state index in [1.165, 1.54) is 16.7 Å². The summed E-state index contributed by atoms with van der Waals surface area (Å²) in [6.07, 6.45) is 4.10. The van der Waals surface area contributed by atoms with Gasteiger partial charge in [-0.1, -0.05) is 24.3 Å². The summed E-state index contributed by atoms with van der Waals surface area (Å²) in [6, 6.07) is 12.3. The number of aryl methyl sites for hydroxylation is 2. The van der Waals surface area contributed by atoms with Gasteiger partial charge < -0.3 is 4.42 Å². The van der Waals surface area contributed by atoms with Crippen molar-refractivity contribution in [2.75, 3.05) is 0 Å². The molecule has 0 bridgehead atoms. The Bertz CT molecular complexity index is 740. The quantitative estimate of drug-likeness (QED) is 0.639. The molecule has 0 fully saturated rings. The third kappa shape index (κ3) is 2.25. The second-order valence-electron chi connectivity index (χ2n) is 5.05. The van der Waals surface area contributed by atoms with Crippen LogP contribution in [0.3, 0.4) is 0 Å². The van der Waals surface area contributed by atoms with E-state index in [0.29, 0.717) is 5.89 Å². The summed E-state index contributed by atoms with van der Waals surface area (Å²) in [5, 5.41) is 0. The maximum atomic E-state index is 5.86. The maximum absolute atomic E-state index is 5.86. The predicted molar refractivity (Wildman–Crippen MR) is 83.6 cm³/mol. The van der Waals surface area contributed by atoms with Gasteiger partial charge in [-0.15, -0.1) is 0 Å². The van der Waals surface area contributed by atoms with E-state index in [9.17, 15) is 0 Å². The molecule has 0 amide bonds. The van der Waals surface area contributed by atoms with E-state index in [4.69, 9.17) is 4.42 Å². The summed E-state index contributed by atoms with van der Waals surface area (Å²) in [6.45, 7) is 6.19. The summed E-state index contributed by atoms with van der Waals surface area (Å²) >= 11 is 0. The number of hydrogen-bond donors (Lipinski definition) is 0. The molecule has 0 aliphatic rings. The van der Waals surface area contributed by atoms with Gasteiger partial charge in [-0.05, 0) is 61.7 Å². The number of allylic oxidation sites excluding steroid dienone is 1. The van der Waals surface area contributed by atoms with Gasteiger partial charge >= 0.3 is 0 Å². The molecule has 0 saturated heterocycles. The van der Waals surface area contributed by atoms with E-state index in [0.717, 1.165) is 16.7 Å². The third-order valence-electron chi connectivity index (χ3n) is 3.52. The number of hydrogen-bond acceptors (Lipinski definition) is 2. The number of oxazole rings is 1. The predicted octanol–water partition coefficient (Wildman–Crippen LogP) is 5.14. The summed E-state index contributed by atoms with van der Waals surface area (Å²) < 4.78 is 5.86. The zero-order valence-electron chi connectivity index (χ0n) is 12.0. The minimum atomic E-state index is 0.678. The van der Waals surface area contributed by atoms with E-state index in [1.54, 1.807) is 0 Å². The fourth-order valence-electron chi connectivity index (χ4n) is 2.23. The molecule has 1 aromatic heterocycles. The molecular weight excluding hydrogens is 246 g/mol. The van der Waals surface area contributed by atoms with Gasteiger partial charge in [0.1, 0.15) is 5.52 Å². The number of benzene rings is 2. The highest BCUT2D eigenvalue weighted by Gasteiger charge is 2.09. The fraction of sp³-hybridized carbons (Fsp3) is 0.167. The SMILES string of the molecule is CC=Cc1ccc(-c2nc3cc(C)c(C)cc3o2)cc1. The highest BCUT2D eigenvalue weighted by molar-refractivity contribution is 5.78. The third-order valence-corrected chi connectivity index (χ3v) is 3.52. The number of aromatic nitrogens is 1. The largest absolute Gasteiger partial charge is 0.436 e. The van der Waals surface area contributed by atoms with E-state index < -0.39 is 0 Å². The van der Waals surface area contributed by atoms with Gasteiger partial charge in [-0.2, -0.15) is 0 Å². The summed E-state index contributed by atoms with van der Waals surface area (Å²) in [5.74, 6) is 0.678. The first-order chi connectivity index (χ1) is 9.67. The van der Waals surface area contributed by atoms with Crippen LogP contribution in [0.15, 0.2) is 46.9 Å². The first-order valence-electron chi connectivity index (χ1n) is 6.78. The van der Waals surface area contributed by atoms with Crippen molar-refractivity contribution in [1.29, 1.82) is 0 Å². The number of fused-ring (bicyclic) bond motifs is 1. The number of nitrogens with zero attached hydrogens (tertiary/aromatic N) is 1. The van der Waals surface area contributed by atoms with Crippen molar-refractivity contribution in [3.05, 3.63) is 59.2 Å². The molecule has 2 nitrogen and oxygen atoms in total. The highest BCUT2D eigenvalue weighted by atomic mass is 16.3. The van der Waals surface area contributed by atoms with E-state index in [2.05, 4.69) is 49.2 Å². The van der Waals surface area contributed by atoms with Crippen molar-refractivity contribution in [3.63, 3.8) is 0 Å². The summed E-state index contributed by atoms with van der Waals surface area (Å²) in [4.78, 5) is 4.58. The molecule has 0 radical (unpaired) electrons. The van der Waals surface area contributed by atoms with Gasteiger partial charge in [0, 0.05) is 5.56 Å². The first kappa shape index (κ1) is 12.7. The first-order valence-corrected chi connectivity index (χ1v) is 6.78. The van der Waals surface area contributed by atoms with Crippen molar-refractivity contribution < 1.29 is 4.42 Å². The molecule has 0 saturated carbocycles. The minimum absolute atomic E-state index is 0.678. The normalized spacial score (nSPS) is 11.6. The molecule has 0 spiro atoms. The van der Waals surface area contributed by atoms with Crippen molar-refractivity contribution >= 4 is 17.2 Å². The van der Waals surface area contributed by atoms with Crippen molar-refractivity contribution in [1.82, 2.24) is 4.98 Å². The van der Waals surface area contributed by atoms with Crippen LogP contribution in [0.4, 0.5) is 0 Å². The van der Waals surface area contributed by atoms with Crippen LogP contribution < -0.4 is 0 Å². The lowest BCUT2D eigenvalue weighted by Crippen LogP contribution is -1.80. The van der Waals surface area contributed by atoms with E-state index in [1.807, 2.05) is 25.1 Å². The van der Waals surface area contributed by atoms with Crippen LogP contribution in [-0.2, 0) is 0 Å². The van der Waals surface area contributed by atoms with Gasteiger partial charge in [0.2, 0.25) is 5.89 Å². The Morgan fingerprint density at radius 3 is 2.40 bits per heavy atom. The summed E-state index contributed by atoms with van der Waals surface area (Å²) in [7, 11) is 0. The van der Waals surface area contributed by atoms with Crippen LogP contribution in [0.2, 0.25) is 0 Å². The molecule has 3 aromatic rings. The Morgan fingerprint density at radius 1 is 1.00 bits per heavy atom. The van der Waals surface area contributed by atoms with Crippen LogP contribution >= 0.6 is 0 Å². The zero-order valence-corrected chi connectivity index (χ0v) is 12.0. The Hall–Kier alpha value is -2.35. The molecule has 0 unspecified atom stereocenters. The van der Waals surface area contributed by atoms with Gasteiger partial charge in [-0.3, -0.25) is 0 Å². The Balaban J connectivity index is 2.05. The van der Waals surface area contributed by atoms with Gasteiger partial charge in [0.15, 0.2) is 5.58 Å². The second kappa shape index (κ2) is 4.97. The van der Waals surface area contributed by atoms with Gasteiger partial charge in [0.25, 0.3) is 0 Å². The van der Waals surface area contributed by atoms with Crippen LogP contribution in [0.25, 0.3) is 28.6 Å². The van der Waals surface area contributed by atoms with Crippen LogP contribution in [0.5, 0.6) is 0 Å². The van der Waals surface area contributed by atoms with Crippen LogP contribution in [0.1, 0.15) is 23.6 Å². The lowest BCUT2D eigenvalue weighted by Gasteiger charge is -1.96. The summed E-state index contributed by atoms with van der Waals surface area (Å²) in [5.41, 5.74) is 6.41. The zero-order chi connectivity index (χ0) is 14.1. The molecule has 3 rings (SSSR count). The molecule has 2 heteroatoms. The van der Waals surface area contributed by atoms with Gasteiger partial charge in [0.05, 0.1) is 0 Å². The molecule has 0 atom stereocenters. The molecule has 0 aliphatic carbocycles. The number of rotatable bonds is 2.